The SMILES string of the molecule is COc1cccc(/C=c2\sc3nc(-c4ccccc4OC)nn3c2=O)c1. The minimum Gasteiger partial charge on any atom is -0.497 e. The highest BCUT2D eigenvalue weighted by atomic mass is 32.1. The van der Waals surface area contributed by atoms with Crippen molar-refractivity contribution in [3.63, 3.8) is 0 Å². The largest absolute Gasteiger partial charge is 0.497 e. The Labute approximate surface area is 153 Å². The molecule has 2 heterocycles. The lowest BCUT2D eigenvalue weighted by Gasteiger charge is -2.03. The van der Waals surface area contributed by atoms with Crippen molar-refractivity contribution >= 4 is 22.4 Å². The van der Waals surface area contributed by atoms with E-state index >= 15 is 0 Å². The van der Waals surface area contributed by atoms with Crippen LogP contribution in [-0.2, 0) is 0 Å². The van der Waals surface area contributed by atoms with E-state index in [1.807, 2.05) is 54.6 Å². The molecule has 0 fully saturated rings. The predicted molar refractivity (Wildman–Crippen MR) is 101 cm³/mol. The van der Waals surface area contributed by atoms with Crippen molar-refractivity contribution in [1.82, 2.24) is 14.6 Å². The molecule has 0 aliphatic carbocycles. The number of nitrogens with zero attached hydrogens (tertiary/aromatic N) is 3. The Balaban J connectivity index is 1.81. The lowest BCUT2D eigenvalue weighted by Crippen LogP contribution is -2.23. The molecule has 0 aliphatic heterocycles. The monoisotopic (exact) mass is 365 g/mol. The van der Waals surface area contributed by atoms with Gasteiger partial charge in [0.15, 0.2) is 5.82 Å². The molecule has 0 bridgehead atoms. The first-order valence-corrected chi connectivity index (χ1v) is 8.70. The Morgan fingerprint density at radius 3 is 2.69 bits per heavy atom. The Morgan fingerprint density at radius 2 is 1.92 bits per heavy atom. The topological polar surface area (TPSA) is 65.7 Å². The number of aromatic nitrogens is 3. The average molecular weight is 365 g/mol. The van der Waals surface area contributed by atoms with E-state index in [0.717, 1.165) is 16.9 Å². The van der Waals surface area contributed by atoms with Crippen molar-refractivity contribution in [2.24, 2.45) is 0 Å². The minimum atomic E-state index is -0.193. The van der Waals surface area contributed by atoms with Crippen LogP contribution in [0.5, 0.6) is 11.5 Å². The fourth-order valence-corrected chi connectivity index (χ4v) is 3.57. The number of methoxy groups -OCH3 is 2. The lowest BCUT2D eigenvalue weighted by molar-refractivity contribution is 0.414. The van der Waals surface area contributed by atoms with Gasteiger partial charge in [-0.05, 0) is 35.9 Å². The third kappa shape index (κ3) is 2.82. The van der Waals surface area contributed by atoms with Crippen molar-refractivity contribution in [3.05, 3.63) is 69.0 Å². The van der Waals surface area contributed by atoms with Crippen LogP contribution in [0.1, 0.15) is 5.56 Å². The summed E-state index contributed by atoms with van der Waals surface area (Å²) in [6.45, 7) is 0. The highest BCUT2D eigenvalue weighted by Crippen LogP contribution is 2.27. The van der Waals surface area contributed by atoms with Crippen LogP contribution in [-0.4, -0.2) is 28.8 Å². The van der Waals surface area contributed by atoms with E-state index in [-0.39, 0.29) is 5.56 Å². The van der Waals surface area contributed by atoms with Crippen LogP contribution in [0.4, 0.5) is 0 Å². The first-order valence-electron chi connectivity index (χ1n) is 7.88. The molecule has 0 aliphatic rings. The Kier molecular flexibility index (Phi) is 4.14. The van der Waals surface area contributed by atoms with E-state index in [9.17, 15) is 4.79 Å². The van der Waals surface area contributed by atoms with Crippen molar-refractivity contribution in [3.8, 4) is 22.9 Å². The zero-order valence-electron chi connectivity index (χ0n) is 14.2. The average Bonchev–Trinajstić information content (AvgIpc) is 3.21. The molecule has 6 nitrogen and oxygen atoms in total. The third-order valence-electron chi connectivity index (χ3n) is 3.92. The van der Waals surface area contributed by atoms with Crippen LogP contribution in [0.15, 0.2) is 53.3 Å². The van der Waals surface area contributed by atoms with Gasteiger partial charge in [-0.3, -0.25) is 4.79 Å². The summed E-state index contributed by atoms with van der Waals surface area (Å²) < 4.78 is 12.5. The molecule has 0 atom stereocenters. The van der Waals surface area contributed by atoms with E-state index in [2.05, 4.69) is 10.1 Å². The molecule has 0 radical (unpaired) electrons. The normalized spacial score (nSPS) is 11.8. The van der Waals surface area contributed by atoms with Gasteiger partial charge in [0.05, 0.1) is 24.3 Å². The first-order chi connectivity index (χ1) is 12.7. The van der Waals surface area contributed by atoms with Gasteiger partial charge < -0.3 is 9.47 Å². The first kappa shape index (κ1) is 16.3. The summed E-state index contributed by atoms with van der Waals surface area (Å²) in [4.78, 5) is 17.7. The van der Waals surface area contributed by atoms with Crippen LogP contribution in [0.2, 0.25) is 0 Å². The summed E-state index contributed by atoms with van der Waals surface area (Å²) in [5.74, 6) is 1.88. The van der Waals surface area contributed by atoms with Crippen LogP contribution in [0, 0.1) is 0 Å². The van der Waals surface area contributed by atoms with Gasteiger partial charge in [-0.2, -0.15) is 9.50 Å². The molecule has 26 heavy (non-hydrogen) atoms. The van der Waals surface area contributed by atoms with Gasteiger partial charge in [-0.25, -0.2) is 0 Å². The molecule has 0 amide bonds. The Hall–Kier alpha value is -3.19. The van der Waals surface area contributed by atoms with Crippen molar-refractivity contribution < 1.29 is 9.47 Å². The van der Waals surface area contributed by atoms with E-state index in [1.165, 1.54) is 15.9 Å². The molecule has 130 valence electrons. The number of thiazole rings is 1. The summed E-state index contributed by atoms with van der Waals surface area (Å²) in [5.41, 5.74) is 1.45. The highest BCUT2D eigenvalue weighted by molar-refractivity contribution is 7.15. The fourth-order valence-electron chi connectivity index (χ4n) is 2.66. The van der Waals surface area contributed by atoms with Crippen molar-refractivity contribution in [2.45, 2.75) is 0 Å². The second-order valence-corrected chi connectivity index (χ2v) is 6.53. The second-order valence-electron chi connectivity index (χ2n) is 5.52. The second kappa shape index (κ2) is 6.61. The molecule has 2 aromatic heterocycles. The van der Waals surface area contributed by atoms with Gasteiger partial charge in [-0.15, -0.1) is 5.10 Å². The van der Waals surface area contributed by atoms with E-state index in [4.69, 9.17) is 9.47 Å². The van der Waals surface area contributed by atoms with Gasteiger partial charge >= 0.3 is 0 Å². The number of fused-ring (bicyclic) bond motifs is 1. The summed E-state index contributed by atoms with van der Waals surface area (Å²) in [6.07, 6.45) is 1.81. The maximum atomic E-state index is 12.7. The smallest absolute Gasteiger partial charge is 0.291 e. The Bertz CT molecular complexity index is 1200. The van der Waals surface area contributed by atoms with Gasteiger partial charge in [0.25, 0.3) is 5.56 Å². The van der Waals surface area contributed by atoms with Gasteiger partial charge in [0.1, 0.15) is 11.5 Å². The molecule has 4 rings (SSSR count). The van der Waals surface area contributed by atoms with Crippen LogP contribution in [0.25, 0.3) is 22.4 Å². The van der Waals surface area contributed by atoms with Gasteiger partial charge in [0.2, 0.25) is 4.96 Å². The number of hydrogen-bond donors (Lipinski definition) is 0. The lowest BCUT2D eigenvalue weighted by atomic mass is 10.2. The molecule has 0 saturated carbocycles. The quantitative estimate of drug-likeness (QED) is 0.556. The highest BCUT2D eigenvalue weighted by Gasteiger charge is 2.14. The summed E-state index contributed by atoms with van der Waals surface area (Å²) in [5, 5.41) is 4.37. The number of hydrogen-bond acceptors (Lipinski definition) is 6. The van der Waals surface area contributed by atoms with Crippen LogP contribution < -0.4 is 19.6 Å². The molecular formula is C19H15N3O3S. The molecule has 7 heteroatoms. The summed E-state index contributed by atoms with van der Waals surface area (Å²) >= 11 is 1.30. The molecule has 0 saturated heterocycles. The van der Waals surface area contributed by atoms with E-state index in [1.54, 1.807) is 14.2 Å². The molecule has 4 aromatic rings. The zero-order chi connectivity index (χ0) is 18.1. The van der Waals surface area contributed by atoms with E-state index in [0.29, 0.717) is 21.1 Å². The van der Waals surface area contributed by atoms with E-state index < -0.39 is 0 Å². The maximum Gasteiger partial charge on any atom is 0.291 e. The number of benzene rings is 2. The fraction of sp³-hybridized carbons (Fsp3) is 0.105. The summed E-state index contributed by atoms with van der Waals surface area (Å²) in [6, 6.07) is 15.0. The third-order valence-corrected chi connectivity index (χ3v) is 4.88. The van der Waals surface area contributed by atoms with Gasteiger partial charge in [-0.1, -0.05) is 35.6 Å². The van der Waals surface area contributed by atoms with Crippen molar-refractivity contribution in [2.75, 3.05) is 14.2 Å². The standard InChI is InChI=1S/C19H15N3O3S/c1-24-13-7-5-6-12(10-13)11-16-18(23)22-19(26-16)20-17(21-22)14-8-3-4-9-15(14)25-2/h3-11H,1-2H3/b16-11-. The predicted octanol–water partition coefficient (Wildman–Crippen LogP) is 2.38. The number of rotatable bonds is 4. The van der Waals surface area contributed by atoms with Crippen LogP contribution in [0.3, 0.4) is 0 Å². The molecule has 0 N–H and O–H groups in total. The molecule has 0 spiro atoms. The van der Waals surface area contributed by atoms with Crippen molar-refractivity contribution in [1.29, 1.82) is 0 Å². The number of ether oxygens (including phenoxy) is 2. The molecule has 2 aromatic carbocycles. The minimum absolute atomic E-state index is 0.193. The zero-order valence-corrected chi connectivity index (χ0v) is 15.0. The number of para-hydroxylation sites is 1. The van der Waals surface area contributed by atoms with Gasteiger partial charge in [0, 0.05) is 0 Å². The maximum absolute atomic E-state index is 12.7. The summed E-state index contributed by atoms with van der Waals surface area (Å²) in [7, 11) is 3.21. The Morgan fingerprint density at radius 1 is 1.08 bits per heavy atom. The molecule has 0 unspecified atom stereocenters. The molecular weight excluding hydrogens is 350 g/mol. The van der Waals surface area contributed by atoms with Crippen LogP contribution >= 0.6 is 11.3 Å².